The summed E-state index contributed by atoms with van der Waals surface area (Å²) in [5.74, 6) is 1.37. The first-order valence-electron chi connectivity index (χ1n) is 10.7. The molecule has 2 heterocycles. The maximum Gasteiger partial charge on any atom is 0.168 e. The molecule has 0 amide bonds. The molecular formula is C27H20N4OS2. The van der Waals surface area contributed by atoms with Gasteiger partial charge in [-0.05, 0) is 66.2 Å². The van der Waals surface area contributed by atoms with Crippen molar-refractivity contribution in [1.29, 1.82) is 0 Å². The maximum atomic E-state index is 11.2. The van der Waals surface area contributed by atoms with Crippen LogP contribution in [0.4, 0.5) is 11.5 Å². The average Bonchev–Trinajstić information content (AvgIpc) is 3.20. The van der Waals surface area contributed by atoms with Gasteiger partial charge in [0.25, 0.3) is 0 Å². The number of aromatic nitrogens is 3. The Morgan fingerprint density at radius 2 is 1.56 bits per heavy atom. The van der Waals surface area contributed by atoms with Crippen molar-refractivity contribution in [3.63, 3.8) is 0 Å². The molecule has 0 atom stereocenters. The highest BCUT2D eigenvalue weighted by Crippen LogP contribution is 2.32. The molecule has 0 unspecified atom stereocenters. The van der Waals surface area contributed by atoms with Crippen molar-refractivity contribution in [3.8, 4) is 5.69 Å². The Hall–Kier alpha value is -3.94. The lowest BCUT2D eigenvalue weighted by Gasteiger charge is -2.11. The third-order valence-electron chi connectivity index (χ3n) is 5.34. The van der Waals surface area contributed by atoms with E-state index in [0.29, 0.717) is 15.6 Å². The summed E-state index contributed by atoms with van der Waals surface area (Å²) in [7, 11) is 0. The highest BCUT2D eigenvalue weighted by atomic mass is 32.1. The molecule has 3 aromatic carbocycles. The summed E-state index contributed by atoms with van der Waals surface area (Å²) in [5, 5.41) is 3.43. The monoisotopic (exact) mass is 480 g/mol. The second kappa shape index (κ2) is 9.51. The van der Waals surface area contributed by atoms with E-state index in [2.05, 4.69) is 15.3 Å². The van der Waals surface area contributed by atoms with Crippen LogP contribution >= 0.6 is 23.6 Å². The molecule has 34 heavy (non-hydrogen) atoms. The second-order valence-corrected chi connectivity index (χ2v) is 9.24. The summed E-state index contributed by atoms with van der Waals surface area (Å²) < 4.78 is 3.59. The zero-order chi connectivity index (χ0) is 23.5. The van der Waals surface area contributed by atoms with Gasteiger partial charge in [-0.2, -0.15) is 0 Å². The molecule has 5 aromatic rings. The number of anilines is 2. The van der Waals surface area contributed by atoms with E-state index in [1.807, 2.05) is 96.4 Å². The highest BCUT2D eigenvalue weighted by molar-refractivity contribution is 7.73. The van der Waals surface area contributed by atoms with Crippen LogP contribution in [-0.4, -0.2) is 20.8 Å². The Balaban J connectivity index is 1.51. The number of hydrogen-bond acceptors (Lipinski definition) is 6. The Bertz CT molecular complexity index is 1550. The summed E-state index contributed by atoms with van der Waals surface area (Å²) in [4.78, 5) is 20.6. The minimum absolute atomic E-state index is 0.657. The lowest BCUT2D eigenvalue weighted by molar-refractivity contribution is -0.104. The topological polar surface area (TPSA) is 59.8 Å². The number of hydrogen-bond donors (Lipinski definition) is 1. The zero-order valence-electron chi connectivity index (χ0n) is 18.3. The van der Waals surface area contributed by atoms with Gasteiger partial charge >= 0.3 is 0 Å². The molecule has 1 N–H and O–H groups in total. The third kappa shape index (κ3) is 4.31. The molecule has 0 fully saturated rings. The van der Waals surface area contributed by atoms with Gasteiger partial charge in [-0.1, -0.05) is 72.0 Å². The molecule has 0 saturated carbocycles. The fraction of sp³-hybridized carbons (Fsp3) is 0.0370. The number of thiazole rings is 1. The smallest absolute Gasteiger partial charge is 0.168 e. The standard InChI is InChI=1S/C27H20N4OS2/c1-18-28-25(24-26(29-18)31(27(33)34-24)22-10-6-3-7-11-22)30-21-14-12-20(13-15-21)23(16-17-32)19-8-4-2-5-9-19/h2-17H,1H3,(H,28,29,30). The van der Waals surface area contributed by atoms with Gasteiger partial charge in [0.15, 0.2) is 15.4 Å². The highest BCUT2D eigenvalue weighted by Gasteiger charge is 2.15. The predicted octanol–water partition coefficient (Wildman–Crippen LogP) is 6.89. The summed E-state index contributed by atoms with van der Waals surface area (Å²) in [5.41, 5.74) is 5.47. The van der Waals surface area contributed by atoms with E-state index < -0.39 is 0 Å². The van der Waals surface area contributed by atoms with Crippen LogP contribution in [0.15, 0.2) is 91.0 Å². The Morgan fingerprint density at radius 3 is 2.24 bits per heavy atom. The van der Waals surface area contributed by atoms with E-state index in [0.717, 1.165) is 44.7 Å². The number of rotatable bonds is 6. The number of benzene rings is 3. The van der Waals surface area contributed by atoms with E-state index in [9.17, 15) is 4.79 Å². The SMILES string of the molecule is Cc1nc(Nc2ccc(C(=CC=O)c3ccccc3)cc2)c2sc(=S)n(-c3ccccc3)c2n1. The van der Waals surface area contributed by atoms with Crippen molar-refractivity contribution < 1.29 is 4.79 Å². The normalized spacial score (nSPS) is 11.5. The van der Waals surface area contributed by atoms with Gasteiger partial charge in [-0.25, -0.2) is 9.97 Å². The Kier molecular flexibility index (Phi) is 6.12. The zero-order valence-corrected chi connectivity index (χ0v) is 19.9. The fourth-order valence-electron chi connectivity index (χ4n) is 3.82. The number of para-hydroxylation sites is 1. The van der Waals surface area contributed by atoms with Gasteiger partial charge in [0.05, 0.1) is 0 Å². The number of aldehydes is 1. The number of allylic oxidation sites excluding steroid dienone is 1. The van der Waals surface area contributed by atoms with Crippen LogP contribution in [0.2, 0.25) is 0 Å². The molecule has 0 aliphatic carbocycles. The largest absolute Gasteiger partial charge is 0.339 e. The summed E-state index contributed by atoms with van der Waals surface area (Å²) in [6.45, 7) is 1.88. The van der Waals surface area contributed by atoms with Crippen molar-refractivity contribution in [3.05, 3.63) is 112 Å². The summed E-state index contributed by atoms with van der Waals surface area (Å²) >= 11 is 7.15. The fourth-order valence-corrected chi connectivity index (χ4v) is 5.14. The van der Waals surface area contributed by atoms with Crippen molar-refractivity contribution in [2.24, 2.45) is 0 Å². The molecule has 0 aliphatic rings. The van der Waals surface area contributed by atoms with Gasteiger partial charge in [0, 0.05) is 11.4 Å². The van der Waals surface area contributed by atoms with Crippen LogP contribution in [0.3, 0.4) is 0 Å². The molecule has 166 valence electrons. The van der Waals surface area contributed by atoms with Gasteiger partial charge in [0.1, 0.15) is 16.8 Å². The molecule has 2 aromatic heterocycles. The third-order valence-corrected chi connectivity index (χ3v) is 6.71. The van der Waals surface area contributed by atoms with Crippen molar-refractivity contribution in [2.75, 3.05) is 5.32 Å². The van der Waals surface area contributed by atoms with Gasteiger partial charge in [-0.3, -0.25) is 9.36 Å². The van der Waals surface area contributed by atoms with Crippen LogP contribution in [0.25, 0.3) is 21.6 Å². The van der Waals surface area contributed by atoms with Crippen LogP contribution in [0, 0.1) is 10.9 Å². The minimum Gasteiger partial charge on any atom is -0.339 e. The number of nitrogens with one attached hydrogen (secondary N) is 1. The number of fused-ring (bicyclic) bond motifs is 1. The van der Waals surface area contributed by atoms with Crippen molar-refractivity contribution in [2.45, 2.75) is 6.92 Å². The minimum atomic E-state index is 0.657. The molecule has 5 rings (SSSR count). The average molecular weight is 481 g/mol. The Morgan fingerprint density at radius 1 is 0.912 bits per heavy atom. The molecule has 5 nitrogen and oxygen atoms in total. The van der Waals surface area contributed by atoms with Crippen LogP contribution < -0.4 is 5.32 Å². The van der Waals surface area contributed by atoms with Gasteiger partial charge < -0.3 is 5.32 Å². The van der Waals surface area contributed by atoms with Crippen molar-refractivity contribution in [1.82, 2.24) is 14.5 Å². The van der Waals surface area contributed by atoms with Crippen LogP contribution in [0.1, 0.15) is 17.0 Å². The molecule has 0 radical (unpaired) electrons. The quantitative estimate of drug-likeness (QED) is 0.163. The second-order valence-electron chi connectivity index (χ2n) is 7.60. The number of carbonyl (C=O) groups is 1. The number of aryl methyl sites for hydroxylation is 1. The first-order valence-corrected chi connectivity index (χ1v) is 11.9. The van der Waals surface area contributed by atoms with Crippen LogP contribution in [-0.2, 0) is 4.79 Å². The first kappa shape index (κ1) is 21.9. The van der Waals surface area contributed by atoms with E-state index in [1.54, 1.807) is 6.08 Å². The molecule has 0 aliphatic heterocycles. The molecule has 7 heteroatoms. The summed E-state index contributed by atoms with van der Waals surface area (Å²) in [6, 6.07) is 27.8. The van der Waals surface area contributed by atoms with Crippen molar-refractivity contribution >= 4 is 57.3 Å². The molecule has 0 bridgehead atoms. The van der Waals surface area contributed by atoms with Crippen LogP contribution in [0.5, 0.6) is 0 Å². The maximum absolute atomic E-state index is 11.2. The number of nitrogens with zero attached hydrogens (tertiary/aromatic N) is 3. The van der Waals surface area contributed by atoms with E-state index in [1.165, 1.54) is 11.3 Å². The lowest BCUT2D eigenvalue weighted by atomic mass is 9.97. The van der Waals surface area contributed by atoms with E-state index >= 15 is 0 Å². The predicted molar refractivity (Wildman–Crippen MR) is 142 cm³/mol. The summed E-state index contributed by atoms with van der Waals surface area (Å²) in [6.07, 6.45) is 2.41. The van der Waals surface area contributed by atoms with Gasteiger partial charge in [0.2, 0.25) is 0 Å². The molecular weight excluding hydrogens is 460 g/mol. The number of carbonyl (C=O) groups excluding carboxylic acids is 1. The first-order chi connectivity index (χ1) is 16.6. The lowest BCUT2D eigenvalue weighted by Crippen LogP contribution is -2.01. The molecule has 0 spiro atoms. The Labute approximate surface area is 206 Å². The molecule has 0 saturated heterocycles. The van der Waals surface area contributed by atoms with E-state index in [4.69, 9.17) is 12.2 Å². The van der Waals surface area contributed by atoms with Gasteiger partial charge in [-0.15, -0.1) is 0 Å². The van der Waals surface area contributed by atoms with E-state index in [-0.39, 0.29) is 0 Å².